The highest BCUT2D eigenvalue weighted by Gasteiger charge is 2.34. The summed E-state index contributed by atoms with van der Waals surface area (Å²) in [6, 6.07) is 0.0881. The van der Waals surface area contributed by atoms with Gasteiger partial charge in [-0.3, -0.25) is 4.79 Å². The molecule has 0 bridgehead atoms. The maximum Gasteiger partial charge on any atom is 0.238 e. The molecule has 9 heteroatoms. The molecule has 1 fully saturated rings. The van der Waals surface area contributed by atoms with Gasteiger partial charge in [0.15, 0.2) is 0 Å². The summed E-state index contributed by atoms with van der Waals surface area (Å²) in [7, 11) is -3.80. The lowest BCUT2D eigenvalue weighted by atomic mass is 9.95. The van der Waals surface area contributed by atoms with Crippen LogP contribution in [0.2, 0.25) is 0 Å². The van der Waals surface area contributed by atoms with Gasteiger partial charge in [0.2, 0.25) is 25.2 Å². The topological polar surface area (TPSA) is 101 Å². The molecule has 0 spiro atoms. The highest BCUT2D eigenvalue weighted by molar-refractivity contribution is 7.94. The lowest BCUT2D eigenvalue weighted by molar-refractivity contribution is -0.121. The van der Waals surface area contributed by atoms with E-state index in [9.17, 15) is 13.2 Å². The summed E-state index contributed by atoms with van der Waals surface area (Å²) in [5, 5.41) is 12.7. The van der Waals surface area contributed by atoms with Crippen LogP contribution in [-0.4, -0.2) is 42.4 Å². The van der Waals surface area contributed by atoms with Gasteiger partial charge < -0.3 is 10.6 Å². The standard InChI is InChI=1S/C14H24N4O3S2/c1-3-9-15-13-17-18-14(22-13)23(20,21)10(2)12(19)16-11-7-5-4-6-8-11/h10-11H,3-9H2,1-2H3,(H,15,17)(H,16,19). The number of carbonyl (C=O) groups is 1. The zero-order chi connectivity index (χ0) is 16.9. The smallest absolute Gasteiger partial charge is 0.238 e. The van der Waals surface area contributed by atoms with E-state index in [1.54, 1.807) is 0 Å². The van der Waals surface area contributed by atoms with Crippen molar-refractivity contribution in [1.82, 2.24) is 15.5 Å². The Morgan fingerprint density at radius 3 is 2.65 bits per heavy atom. The fourth-order valence-corrected chi connectivity index (χ4v) is 4.93. The van der Waals surface area contributed by atoms with E-state index in [0.29, 0.717) is 11.7 Å². The molecule has 1 heterocycles. The molecule has 2 N–H and O–H groups in total. The minimum atomic E-state index is -3.80. The van der Waals surface area contributed by atoms with E-state index in [2.05, 4.69) is 20.8 Å². The number of carbonyl (C=O) groups excluding carboxylic acids is 1. The molecule has 1 amide bonds. The third-order valence-corrected chi connectivity index (χ3v) is 7.30. The van der Waals surface area contributed by atoms with Crippen LogP contribution in [0.1, 0.15) is 52.4 Å². The minimum absolute atomic E-state index is 0.0881. The predicted octanol–water partition coefficient (Wildman–Crippen LogP) is 1.97. The molecular weight excluding hydrogens is 336 g/mol. The molecule has 130 valence electrons. The van der Waals surface area contributed by atoms with Crippen molar-refractivity contribution >= 4 is 32.2 Å². The zero-order valence-corrected chi connectivity index (χ0v) is 15.2. The normalized spacial score (nSPS) is 17.7. The molecule has 1 aromatic heterocycles. The fraction of sp³-hybridized carbons (Fsp3) is 0.786. The molecule has 1 atom stereocenters. The summed E-state index contributed by atoms with van der Waals surface area (Å²) in [5.74, 6) is -0.449. The summed E-state index contributed by atoms with van der Waals surface area (Å²) >= 11 is 0.970. The number of hydrogen-bond acceptors (Lipinski definition) is 7. The number of nitrogens with one attached hydrogen (secondary N) is 2. The average Bonchev–Trinajstić information content (AvgIpc) is 3.02. The van der Waals surface area contributed by atoms with Gasteiger partial charge in [-0.2, -0.15) is 0 Å². The Kier molecular flexibility index (Phi) is 6.34. The molecule has 1 aliphatic carbocycles. The summed E-state index contributed by atoms with van der Waals surface area (Å²) in [4.78, 5) is 12.3. The molecule has 0 saturated heterocycles. The molecule has 7 nitrogen and oxygen atoms in total. The van der Waals surface area contributed by atoms with Crippen molar-refractivity contribution in [3.8, 4) is 0 Å². The summed E-state index contributed by atoms with van der Waals surface area (Å²) in [6.07, 6.45) is 6.08. The van der Waals surface area contributed by atoms with Crippen LogP contribution in [0.25, 0.3) is 0 Å². The van der Waals surface area contributed by atoms with Gasteiger partial charge in [0.05, 0.1) is 0 Å². The number of anilines is 1. The second kappa shape index (κ2) is 8.05. The molecule has 0 radical (unpaired) electrons. The van der Waals surface area contributed by atoms with E-state index < -0.39 is 21.0 Å². The Bertz CT molecular complexity index is 624. The van der Waals surface area contributed by atoms with Gasteiger partial charge in [-0.15, -0.1) is 10.2 Å². The number of nitrogens with zero attached hydrogens (tertiary/aromatic N) is 2. The highest BCUT2D eigenvalue weighted by Crippen LogP contribution is 2.24. The summed E-state index contributed by atoms with van der Waals surface area (Å²) < 4.78 is 24.9. The Balaban J connectivity index is 2.02. The van der Waals surface area contributed by atoms with Gasteiger partial charge in [-0.25, -0.2) is 8.42 Å². The number of aromatic nitrogens is 2. The molecular formula is C14H24N4O3S2. The van der Waals surface area contributed by atoms with Gasteiger partial charge >= 0.3 is 0 Å². The minimum Gasteiger partial charge on any atom is -0.360 e. The molecule has 2 rings (SSSR count). The van der Waals surface area contributed by atoms with Crippen LogP contribution < -0.4 is 10.6 Å². The van der Waals surface area contributed by atoms with Crippen molar-refractivity contribution in [2.45, 2.75) is 68.0 Å². The first-order valence-corrected chi connectivity index (χ1v) is 10.4. The lowest BCUT2D eigenvalue weighted by Gasteiger charge is -2.24. The molecule has 1 saturated carbocycles. The van der Waals surface area contributed by atoms with Gasteiger partial charge in [-0.1, -0.05) is 37.5 Å². The fourth-order valence-electron chi connectivity index (χ4n) is 2.49. The van der Waals surface area contributed by atoms with Crippen molar-refractivity contribution in [3.63, 3.8) is 0 Å². The molecule has 0 aliphatic heterocycles. The molecule has 0 aromatic carbocycles. The summed E-state index contributed by atoms with van der Waals surface area (Å²) in [6.45, 7) is 4.11. The molecule has 23 heavy (non-hydrogen) atoms. The molecule has 1 aliphatic rings. The van der Waals surface area contributed by atoms with Crippen LogP contribution in [0.4, 0.5) is 5.13 Å². The number of sulfone groups is 1. The van der Waals surface area contributed by atoms with E-state index in [1.807, 2.05) is 6.92 Å². The van der Waals surface area contributed by atoms with Gasteiger partial charge in [-0.05, 0) is 26.2 Å². The van der Waals surface area contributed by atoms with Gasteiger partial charge in [0.1, 0.15) is 5.25 Å². The van der Waals surface area contributed by atoms with Crippen molar-refractivity contribution in [2.24, 2.45) is 0 Å². The SMILES string of the molecule is CCCNc1nnc(S(=O)(=O)C(C)C(=O)NC2CCCCC2)s1. The van der Waals surface area contributed by atoms with E-state index in [-0.39, 0.29) is 10.4 Å². The maximum atomic E-state index is 12.5. The molecule has 1 aromatic rings. The van der Waals surface area contributed by atoms with Crippen LogP contribution in [0, 0.1) is 0 Å². The van der Waals surface area contributed by atoms with Crippen molar-refractivity contribution in [3.05, 3.63) is 0 Å². The van der Waals surface area contributed by atoms with Crippen LogP contribution in [-0.2, 0) is 14.6 Å². The highest BCUT2D eigenvalue weighted by atomic mass is 32.2. The van der Waals surface area contributed by atoms with Crippen molar-refractivity contribution in [1.29, 1.82) is 0 Å². The van der Waals surface area contributed by atoms with Gasteiger partial charge in [0, 0.05) is 12.6 Å². The van der Waals surface area contributed by atoms with Crippen molar-refractivity contribution < 1.29 is 13.2 Å². The second-order valence-electron chi connectivity index (χ2n) is 5.83. The quantitative estimate of drug-likeness (QED) is 0.771. The lowest BCUT2D eigenvalue weighted by Crippen LogP contribution is -2.44. The average molecular weight is 361 g/mol. The number of rotatable bonds is 7. The van der Waals surface area contributed by atoms with Crippen LogP contribution in [0.15, 0.2) is 4.34 Å². The Hall–Kier alpha value is -1.22. The Labute approximate surface area is 141 Å². The van der Waals surface area contributed by atoms with E-state index in [4.69, 9.17) is 0 Å². The maximum absolute atomic E-state index is 12.5. The largest absolute Gasteiger partial charge is 0.360 e. The first-order valence-electron chi connectivity index (χ1n) is 8.06. The predicted molar refractivity (Wildman–Crippen MR) is 90.4 cm³/mol. The van der Waals surface area contributed by atoms with Crippen LogP contribution in [0.3, 0.4) is 0 Å². The van der Waals surface area contributed by atoms with Crippen molar-refractivity contribution in [2.75, 3.05) is 11.9 Å². The second-order valence-corrected chi connectivity index (χ2v) is 9.25. The number of amides is 1. The zero-order valence-electron chi connectivity index (χ0n) is 13.5. The van der Waals surface area contributed by atoms with Crippen LogP contribution in [0.5, 0.6) is 0 Å². The van der Waals surface area contributed by atoms with Crippen LogP contribution >= 0.6 is 11.3 Å². The van der Waals surface area contributed by atoms with E-state index in [0.717, 1.165) is 43.4 Å². The molecule has 1 unspecified atom stereocenters. The number of hydrogen-bond donors (Lipinski definition) is 2. The third kappa shape index (κ3) is 4.63. The summed E-state index contributed by atoms with van der Waals surface area (Å²) in [5.41, 5.74) is 0. The Morgan fingerprint density at radius 2 is 2.00 bits per heavy atom. The Morgan fingerprint density at radius 1 is 1.30 bits per heavy atom. The van der Waals surface area contributed by atoms with Gasteiger partial charge in [0.25, 0.3) is 0 Å². The van der Waals surface area contributed by atoms with E-state index in [1.165, 1.54) is 13.3 Å². The first-order chi connectivity index (χ1) is 10.9. The third-order valence-electron chi connectivity index (χ3n) is 3.96. The first kappa shape index (κ1) is 18.1. The van der Waals surface area contributed by atoms with E-state index >= 15 is 0 Å². The monoisotopic (exact) mass is 360 g/mol.